The Labute approximate surface area is 203 Å². The molecule has 10 heteroatoms. The molecule has 1 aliphatic rings. The predicted molar refractivity (Wildman–Crippen MR) is 128 cm³/mol. The summed E-state index contributed by atoms with van der Waals surface area (Å²) in [4.78, 5) is 38.2. The van der Waals surface area contributed by atoms with E-state index in [2.05, 4.69) is 34.0 Å². The van der Waals surface area contributed by atoms with Crippen LogP contribution in [0.5, 0.6) is 0 Å². The molecule has 1 saturated heterocycles. The number of aromatic nitrogens is 4. The molecule has 3 aromatic heterocycles. The Kier molecular flexibility index (Phi) is 7.69. The average Bonchev–Trinajstić information content (AvgIpc) is 3.40. The van der Waals surface area contributed by atoms with E-state index in [1.165, 1.54) is 0 Å². The quantitative estimate of drug-likeness (QED) is 0.529. The molecule has 1 aliphatic heterocycles. The van der Waals surface area contributed by atoms with Crippen LogP contribution in [0.15, 0.2) is 36.0 Å². The molecule has 2 amide bonds. The smallest absolute Gasteiger partial charge is 0.274 e. The Morgan fingerprint density at radius 1 is 1.29 bits per heavy atom. The van der Waals surface area contributed by atoms with E-state index >= 15 is 0 Å². The highest BCUT2D eigenvalue weighted by molar-refractivity contribution is 7.09. The van der Waals surface area contributed by atoms with Gasteiger partial charge in [0.25, 0.3) is 5.91 Å². The summed E-state index contributed by atoms with van der Waals surface area (Å²) in [6.45, 7) is 7.57. The second-order valence-corrected chi connectivity index (χ2v) is 10.0. The largest absolute Gasteiger partial charge is 0.370 e. The number of hydrogen-bond acceptors (Lipinski definition) is 7. The lowest BCUT2D eigenvalue weighted by Gasteiger charge is -2.24. The van der Waals surface area contributed by atoms with Crippen molar-refractivity contribution < 1.29 is 14.3 Å². The van der Waals surface area contributed by atoms with Crippen LogP contribution in [0.1, 0.15) is 46.3 Å². The highest BCUT2D eigenvalue weighted by Gasteiger charge is 2.32. The molecule has 34 heavy (non-hydrogen) atoms. The number of H-pyrrole nitrogens is 1. The van der Waals surface area contributed by atoms with E-state index in [1.807, 2.05) is 24.4 Å². The van der Waals surface area contributed by atoms with Crippen LogP contribution in [-0.4, -0.2) is 67.5 Å². The van der Waals surface area contributed by atoms with Crippen molar-refractivity contribution in [2.24, 2.45) is 5.92 Å². The Balaban J connectivity index is 1.51. The lowest BCUT2D eigenvalue weighted by atomic mass is 10.1. The Morgan fingerprint density at radius 3 is 2.79 bits per heavy atom. The first-order valence-corrected chi connectivity index (χ1v) is 12.3. The standard InChI is InChI=1S/C24H30N6O3S/c1-16(2)8-19-9-22(28-27-19)24(32)30-12-21(33-14-18-4-6-25-7-5-18)11-29(23(31)13-30)10-20-15-34-17(3)26-20/h4-7,9,15-16,21H,8,10-14H2,1-3H3,(H,27,28). The number of carbonyl (C=O) groups is 2. The molecule has 180 valence electrons. The summed E-state index contributed by atoms with van der Waals surface area (Å²) in [6.07, 6.45) is 3.89. The minimum absolute atomic E-state index is 0.0244. The highest BCUT2D eigenvalue weighted by atomic mass is 32.1. The molecule has 0 saturated carbocycles. The fraction of sp³-hybridized carbons (Fsp3) is 0.458. The summed E-state index contributed by atoms with van der Waals surface area (Å²) in [5.41, 5.74) is 3.05. The van der Waals surface area contributed by atoms with Gasteiger partial charge >= 0.3 is 0 Å². The maximum absolute atomic E-state index is 13.3. The fourth-order valence-corrected chi connectivity index (χ4v) is 4.54. The molecule has 0 aromatic carbocycles. The van der Waals surface area contributed by atoms with Gasteiger partial charge < -0.3 is 14.5 Å². The second kappa shape index (κ2) is 10.9. The molecule has 4 rings (SSSR count). The minimum Gasteiger partial charge on any atom is -0.370 e. The Morgan fingerprint density at radius 2 is 2.09 bits per heavy atom. The predicted octanol–water partition coefficient (Wildman–Crippen LogP) is 2.84. The zero-order valence-corrected chi connectivity index (χ0v) is 20.5. The number of thiazole rings is 1. The Hall–Kier alpha value is -3.11. The summed E-state index contributed by atoms with van der Waals surface area (Å²) in [5.74, 6) is 0.0347. The minimum atomic E-state index is -0.350. The van der Waals surface area contributed by atoms with E-state index in [4.69, 9.17) is 4.74 Å². The molecular formula is C24H30N6O3S. The van der Waals surface area contributed by atoms with Crippen molar-refractivity contribution in [3.63, 3.8) is 0 Å². The third-order valence-electron chi connectivity index (χ3n) is 5.55. The van der Waals surface area contributed by atoms with E-state index in [1.54, 1.807) is 39.6 Å². The van der Waals surface area contributed by atoms with Gasteiger partial charge in [-0.2, -0.15) is 5.10 Å². The van der Waals surface area contributed by atoms with Crippen molar-refractivity contribution >= 4 is 23.2 Å². The van der Waals surface area contributed by atoms with Crippen molar-refractivity contribution in [1.82, 2.24) is 30.0 Å². The van der Waals surface area contributed by atoms with Crippen LogP contribution >= 0.6 is 11.3 Å². The molecule has 9 nitrogen and oxygen atoms in total. The van der Waals surface area contributed by atoms with Gasteiger partial charge in [0.1, 0.15) is 12.2 Å². The lowest BCUT2D eigenvalue weighted by molar-refractivity contribution is -0.132. The van der Waals surface area contributed by atoms with Gasteiger partial charge in [-0.1, -0.05) is 13.8 Å². The van der Waals surface area contributed by atoms with Crippen LogP contribution in [0.2, 0.25) is 0 Å². The first kappa shape index (κ1) is 24.0. The molecule has 3 aromatic rings. The molecule has 4 heterocycles. The maximum Gasteiger partial charge on any atom is 0.274 e. The van der Waals surface area contributed by atoms with Crippen LogP contribution in [0.3, 0.4) is 0 Å². The number of hydrogen-bond donors (Lipinski definition) is 1. The SMILES string of the molecule is Cc1nc(CN2CC(OCc3ccncc3)CN(C(=O)c3cc(CC(C)C)[nH]n3)CC2=O)cs1. The summed E-state index contributed by atoms with van der Waals surface area (Å²) < 4.78 is 6.18. The summed E-state index contributed by atoms with van der Waals surface area (Å²) in [5, 5.41) is 10.1. The van der Waals surface area contributed by atoms with Crippen LogP contribution in [-0.2, 0) is 29.1 Å². The molecule has 1 unspecified atom stereocenters. The fourth-order valence-electron chi connectivity index (χ4n) is 3.94. The van der Waals surface area contributed by atoms with Crippen molar-refractivity contribution in [3.05, 3.63) is 63.6 Å². The van der Waals surface area contributed by atoms with Crippen LogP contribution in [0.25, 0.3) is 0 Å². The molecule has 0 radical (unpaired) electrons. The van der Waals surface area contributed by atoms with Crippen LogP contribution < -0.4 is 0 Å². The van der Waals surface area contributed by atoms with E-state index in [0.717, 1.165) is 28.4 Å². The van der Waals surface area contributed by atoms with Crippen molar-refractivity contribution in [3.8, 4) is 0 Å². The zero-order chi connectivity index (χ0) is 24.1. The van der Waals surface area contributed by atoms with Gasteiger partial charge in [-0.25, -0.2) is 4.98 Å². The normalized spacial score (nSPS) is 16.8. The lowest BCUT2D eigenvalue weighted by Crippen LogP contribution is -2.39. The van der Waals surface area contributed by atoms with Gasteiger partial charge in [0, 0.05) is 36.6 Å². The topological polar surface area (TPSA) is 104 Å². The molecule has 1 N–H and O–H groups in total. The second-order valence-electron chi connectivity index (χ2n) is 8.98. The van der Waals surface area contributed by atoms with E-state index in [9.17, 15) is 9.59 Å². The number of carbonyl (C=O) groups excluding carboxylic acids is 2. The molecule has 1 fully saturated rings. The van der Waals surface area contributed by atoms with Gasteiger partial charge in [0.05, 0.1) is 30.0 Å². The number of aryl methyl sites for hydroxylation is 1. The van der Waals surface area contributed by atoms with E-state index in [-0.39, 0.29) is 24.5 Å². The number of amides is 2. The molecule has 0 spiro atoms. The van der Waals surface area contributed by atoms with Crippen molar-refractivity contribution in [2.75, 3.05) is 19.6 Å². The van der Waals surface area contributed by atoms with E-state index in [0.29, 0.717) is 37.9 Å². The first-order chi connectivity index (χ1) is 16.4. The van der Waals surface area contributed by atoms with Gasteiger partial charge in [-0.05, 0) is 43.0 Å². The Bertz CT molecular complexity index is 1110. The van der Waals surface area contributed by atoms with Crippen molar-refractivity contribution in [1.29, 1.82) is 0 Å². The molecular weight excluding hydrogens is 452 g/mol. The number of aromatic amines is 1. The number of pyridine rings is 1. The van der Waals surface area contributed by atoms with Crippen LogP contribution in [0, 0.1) is 12.8 Å². The molecule has 0 bridgehead atoms. The summed E-state index contributed by atoms with van der Waals surface area (Å²) >= 11 is 1.55. The summed E-state index contributed by atoms with van der Waals surface area (Å²) in [7, 11) is 0. The maximum atomic E-state index is 13.3. The third-order valence-corrected chi connectivity index (χ3v) is 6.37. The number of nitrogens with zero attached hydrogens (tertiary/aromatic N) is 5. The number of rotatable bonds is 8. The molecule has 0 aliphatic carbocycles. The number of nitrogens with one attached hydrogen (secondary N) is 1. The van der Waals surface area contributed by atoms with Gasteiger partial charge in [0.2, 0.25) is 5.91 Å². The summed E-state index contributed by atoms with van der Waals surface area (Å²) in [6, 6.07) is 5.56. The van der Waals surface area contributed by atoms with Gasteiger partial charge in [0.15, 0.2) is 0 Å². The van der Waals surface area contributed by atoms with Crippen LogP contribution in [0.4, 0.5) is 0 Å². The third kappa shape index (κ3) is 6.27. The van der Waals surface area contributed by atoms with Gasteiger partial charge in [-0.3, -0.25) is 19.7 Å². The zero-order valence-electron chi connectivity index (χ0n) is 19.7. The average molecular weight is 483 g/mol. The monoisotopic (exact) mass is 482 g/mol. The highest BCUT2D eigenvalue weighted by Crippen LogP contribution is 2.17. The number of ether oxygens (including phenoxy) is 1. The molecule has 1 atom stereocenters. The van der Waals surface area contributed by atoms with Gasteiger partial charge in [-0.15, -0.1) is 11.3 Å². The van der Waals surface area contributed by atoms with Crippen molar-refractivity contribution in [2.45, 2.75) is 46.4 Å². The van der Waals surface area contributed by atoms with E-state index < -0.39 is 0 Å². The first-order valence-electron chi connectivity index (χ1n) is 11.4.